The van der Waals surface area contributed by atoms with E-state index in [2.05, 4.69) is 31.4 Å². The quantitative estimate of drug-likeness (QED) is 0.846. The van der Waals surface area contributed by atoms with Gasteiger partial charge in [-0.1, -0.05) is 51.1 Å². The van der Waals surface area contributed by atoms with E-state index in [-0.39, 0.29) is 18.4 Å². The lowest BCUT2D eigenvalue weighted by atomic mass is 10.1. The zero-order chi connectivity index (χ0) is 16.1. The first-order valence-corrected chi connectivity index (χ1v) is 7.47. The summed E-state index contributed by atoms with van der Waals surface area (Å²) in [5, 5.41) is 5.02. The predicted molar refractivity (Wildman–Crippen MR) is 87.0 cm³/mol. The highest BCUT2D eigenvalue weighted by atomic mass is 16.2. The van der Waals surface area contributed by atoms with Gasteiger partial charge in [0, 0.05) is 13.5 Å². The zero-order valence-corrected chi connectivity index (χ0v) is 13.6. The fourth-order valence-electron chi connectivity index (χ4n) is 1.45. The van der Waals surface area contributed by atoms with E-state index in [1.165, 1.54) is 5.56 Å². The largest absolute Gasteiger partial charge is 0.358 e. The molecular formula is C17H28N2O2. The number of benzene rings is 1. The van der Waals surface area contributed by atoms with Crippen molar-refractivity contribution in [3.63, 3.8) is 0 Å². The predicted octanol–water partition coefficient (Wildman–Crippen LogP) is 2.53. The third-order valence-corrected chi connectivity index (χ3v) is 2.44. The van der Waals surface area contributed by atoms with Crippen LogP contribution in [0.15, 0.2) is 30.3 Å². The van der Waals surface area contributed by atoms with Gasteiger partial charge in [-0.05, 0) is 24.3 Å². The van der Waals surface area contributed by atoms with Crippen LogP contribution in [-0.4, -0.2) is 25.4 Å². The van der Waals surface area contributed by atoms with Crippen LogP contribution in [0, 0.1) is 5.92 Å². The molecule has 0 bridgehead atoms. The highest BCUT2D eigenvalue weighted by molar-refractivity contribution is 5.84. The maximum atomic E-state index is 11.4. The first-order valence-electron chi connectivity index (χ1n) is 7.47. The Morgan fingerprint density at radius 2 is 1.62 bits per heavy atom. The number of carbonyl (C=O) groups is 2. The molecule has 0 saturated heterocycles. The van der Waals surface area contributed by atoms with E-state index in [0.29, 0.717) is 6.42 Å². The molecule has 118 valence electrons. The standard InChI is InChI=1S/C13H18N2O2.C4H10/c1-14-13(17)10-15-12(16)9-5-8-11-6-3-2-4-7-11;1-4(2)3/h2-4,6-7H,5,8-10H2,1H3,(H,14,17)(H,15,16);4H,1-3H3. The number of rotatable bonds is 6. The van der Waals surface area contributed by atoms with Crippen molar-refractivity contribution in [3.8, 4) is 0 Å². The van der Waals surface area contributed by atoms with Crippen molar-refractivity contribution in [3.05, 3.63) is 35.9 Å². The SMILES string of the molecule is CC(C)C.CNC(=O)CNC(=O)CCCc1ccccc1. The lowest BCUT2D eigenvalue weighted by Gasteiger charge is -2.04. The molecule has 2 N–H and O–H groups in total. The highest BCUT2D eigenvalue weighted by Gasteiger charge is 2.03. The first-order chi connectivity index (χ1) is 9.95. The van der Waals surface area contributed by atoms with Gasteiger partial charge in [0.05, 0.1) is 6.54 Å². The lowest BCUT2D eigenvalue weighted by Crippen LogP contribution is -2.35. The molecule has 0 unspecified atom stereocenters. The van der Waals surface area contributed by atoms with Crippen LogP contribution in [0.2, 0.25) is 0 Å². The smallest absolute Gasteiger partial charge is 0.239 e. The van der Waals surface area contributed by atoms with Gasteiger partial charge in [0.1, 0.15) is 0 Å². The van der Waals surface area contributed by atoms with Crippen LogP contribution in [0.1, 0.15) is 39.2 Å². The third-order valence-electron chi connectivity index (χ3n) is 2.44. The van der Waals surface area contributed by atoms with Crippen molar-refractivity contribution in [1.82, 2.24) is 10.6 Å². The molecular weight excluding hydrogens is 264 g/mol. The highest BCUT2D eigenvalue weighted by Crippen LogP contribution is 2.04. The average molecular weight is 292 g/mol. The summed E-state index contributed by atoms with van der Waals surface area (Å²) in [6.45, 7) is 6.56. The van der Waals surface area contributed by atoms with Gasteiger partial charge in [-0.2, -0.15) is 0 Å². The van der Waals surface area contributed by atoms with Gasteiger partial charge in [0.25, 0.3) is 0 Å². The minimum atomic E-state index is -0.179. The Bertz CT molecular complexity index is 400. The Morgan fingerprint density at radius 3 is 2.14 bits per heavy atom. The topological polar surface area (TPSA) is 58.2 Å². The Hall–Kier alpha value is -1.84. The van der Waals surface area contributed by atoms with E-state index in [9.17, 15) is 9.59 Å². The monoisotopic (exact) mass is 292 g/mol. The summed E-state index contributed by atoms with van der Waals surface area (Å²) in [5.74, 6) is 0.575. The molecule has 1 aromatic carbocycles. The molecule has 21 heavy (non-hydrogen) atoms. The molecule has 0 radical (unpaired) electrons. The molecule has 0 heterocycles. The number of nitrogens with one attached hydrogen (secondary N) is 2. The molecule has 0 fully saturated rings. The summed E-state index contributed by atoms with van der Waals surface area (Å²) in [7, 11) is 1.55. The van der Waals surface area contributed by atoms with Crippen molar-refractivity contribution in [1.29, 1.82) is 0 Å². The molecule has 1 aromatic rings. The van der Waals surface area contributed by atoms with Crippen LogP contribution >= 0.6 is 0 Å². The molecule has 0 atom stereocenters. The molecule has 4 nitrogen and oxygen atoms in total. The molecule has 4 heteroatoms. The fourth-order valence-corrected chi connectivity index (χ4v) is 1.45. The summed E-state index contributed by atoms with van der Waals surface area (Å²) in [6.07, 6.45) is 2.13. The van der Waals surface area contributed by atoms with Crippen LogP contribution in [0.3, 0.4) is 0 Å². The molecule has 0 aliphatic heterocycles. The number of amides is 2. The Kier molecular flexibility index (Phi) is 10.9. The average Bonchev–Trinajstić information content (AvgIpc) is 2.45. The van der Waals surface area contributed by atoms with Crippen LogP contribution in [-0.2, 0) is 16.0 Å². The Morgan fingerprint density at radius 1 is 1.05 bits per heavy atom. The number of aryl methyl sites for hydroxylation is 1. The van der Waals surface area contributed by atoms with Gasteiger partial charge in [-0.15, -0.1) is 0 Å². The van der Waals surface area contributed by atoms with Crippen molar-refractivity contribution in [2.24, 2.45) is 5.92 Å². The minimum Gasteiger partial charge on any atom is -0.358 e. The number of likely N-dealkylation sites (N-methyl/N-ethyl adjacent to an activating group) is 1. The molecule has 1 rings (SSSR count). The van der Waals surface area contributed by atoms with E-state index in [0.717, 1.165) is 18.8 Å². The molecule has 0 saturated carbocycles. The third kappa shape index (κ3) is 12.9. The maximum Gasteiger partial charge on any atom is 0.239 e. The van der Waals surface area contributed by atoms with Crippen molar-refractivity contribution < 1.29 is 9.59 Å². The van der Waals surface area contributed by atoms with Gasteiger partial charge >= 0.3 is 0 Å². The van der Waals surface area contributed by atoms with E-state index >= 15 is 0 Å². The van der Waals surface area contributed by atoms with E-state index in [4.69, 9.17) is 0 Å². The zero-order valence-electron chi connectivity index (χ0n) is 13.6. The summed E-state index contributed by atoms with van der Waals surface area (Å²) in [4.78, 5) is 22.2. The second-order valence-corrected chi connectivity index (χ2v) is 5.52. The van der Waals surface area contributed by atoms with E-state index in [1.807, 2.05) is 30.3 Å². The number of carbonyl (C=O) groups excluding carboxylic acids is 2. The van der Waals surface area contributed by atoms with Crippen LogP contribution in [0.4, 0.5) is 0 Å². The van der Waals surface area contributed by atoms with Crippen molar-refractivity contribution in [2.45, 2.75) is 40.0 Å². The van der Waals surface area contributed by atoms with Gasteiger partial charge in [-0.25, -0.2) is 0 Å². The normalized spacial score (nSPS) is 9.57. The number of hydrogen-bond donors (Lipinski definition) is 2. The summed E-state index contributed by atoms with van der Waals surface area (Å²) in [6, 6.07) is 10.0. The summed E-state index contributed by atoms with van der Waals surface area (Å²) >= 11 is 0. The summed E-state index contributed by atoms with van der Waals surface area (Å²) < 4.78 is 0. The van der Waals surface area contributed by atoms with E-state index < -0.39 is 0 Å². The van der Waals surface area contributed by atoms with E-state index in [1.54, 1.807) is 7.05 Å². The molecule has 0 spiro atoms. The Balaban J connectivity index is 0.000000885. The molecule has 0 aliphatic carbocycles. The Labute approximate surface area is 128 Å². The van der Waals surface area contributed by atoms with Gasteiger partial charge < -0.3 is 10.6 Å². The van der Waals surface area contributed by atoms with Crippen molar-refractivity contribution in [2.75, 3.05) is 13.6 Å². The van der Waals surface area contributed by atoms with Crippen LogP contribution in [0.5, 0.6) is 0 Å². The lowest BCUT2D eigenvalue weighted by molar-refractivity contribution is -0.125. The second-order valence-electron chi connectivity index (χ2n) is 5.52. The van der Waals surface area contributed by atoms with Gasteiger partial charge in [-0.3, -0.25) is 9.59 Å². The molecule has 0 aliphatic rings. The fraction of sp³-hybridized carbons (Fsp3) is 0.529. The molecule has 0 aromatic heterocycles. The van der Waals surface area contributed by atoms with Crippen LogP contribution < -0.4 is 10.6 Å². The summed E-state index contributed by atoms with van der Waals surface area (Å²) in [5.41, 5.74) is 1.23. The first kappa shape index (κ1) is 19.2. The maximum absolute atomic E-state index is 11.4. The molecule has 2 amide bonds. The number of hydrogen-bond acceptors (Lipinski definition) is 2. The van der Waals surface area contributed by atoms with Crippen LogP contribution in [0.25, 0.3) is 0 Å². The van der Waals surface area contributed by atoms with Gasteiger partial charge in [0.2, 0.25) is 11.8 Å². The second kappa shape index (κ2) is 11.9. The van der Waals surface area contributed by atoms with Crippen molar-refractivity contribution >= 4 is 11.8 Å². The van der Waals surface area contributed by atoms with Gasteiger partial charge in [0.15, 0.2) is 0 Å². The minimum absolute atomic E-state index is 0.0562.